The highest BCUT2D eigenvalue weighted by Gasteiger charge is 2.03. The van der Waals surface area contributed by atoms with Crippen LogP contribution in [0.2, 0.25) is 0 Å². The Morgan fingerprint density at radius 3 is 1.67 bits per heavy atom. The predicted octanol–water partition coefficient (Wildman–Crippen LogP) is 7.02. The number of unbranched alkanes of at least 4 members (excludes halogenated alkanes) is 10. The highest BCUT2D eigenvalue weighted by Crippen LogP contribution is 2.18. The second-order valence-electron chi connectivity index (χ2n) is 8.04. The van der Waals surface area contributed by atoms with E-state index in [2.05, 4.69) is 19.2 Å². The van der Waals surface area contributed by atoms with Gasteiger partial charge in [0.15, 0.2) is 0 Å². The van der Waals surface area contributed by atoms with Crippen LogP contribution in [0.15, 0.2) is 0 Å². The van der Waals surface area contributed by atoms with Crippen molar-refractivity contribution in [1.29, 1.82) is 0 Å². The lowest BCUT2D eigenvalue weighted by atomic mass is 9.96. The number of carbonyl (C=O) groups excluding carboxylic acids is 1. The zero-order chi connectivity index (χ0) is 18.0. The highest BCUT2D eigenvalue weighted by atomic mass is 16.1. The molecule has 0 rings (SSSR count). The second-order valence-corrected chi connectivity index (χ2v) is 8.04. The van der Waals surface area contributed by atoms with Crippen molar-refractivity contribution in [1.82, 2.24) is 5.32 Å². The van der Waals surface area contributed by atoms with Crippen LogP contribution in [0.25, 0.3) is 0 Å². The van der Waals surface area contributed by atoms with Crippen LogP contribution in [0.5, 0.6) is 0 Å². The Morgan fingerprint density at radius 2 is 1.17 bits per heavy atom. The summed E-state index contributed by atoms with van der Waals surface area (Å²) in [6.45, 7) is 8.75. The molecule has 1 amide bonds. The van der Waals surface area contributed by atoms with Crippen molar-refractivity contribution in [2.24, 2.45) is 5.92 Å². The van der Waals surface area contributed by atoms with E-state index in [0.29, 0.717) is 6.42 Å². The van der Waals surface area contributed by atoms with Crippen LogP contribution in [-0.2, 0) is 4.79 Å². The lowest BCUT2D eigenvalue weighted by Gasteiger charge is -2.11. The van der Waals surface area contributed by atoms with Crippen LogP contribution in [0.3, 0.4) is 0 Å². The molecule has 0 heterocycles. The summed E-state index contributed by atoms with van der Waals surface area (Å²) >= 11 is 0. The first-order valence-corrected chi connectivity index (χ1v) is 10.9. The molecule has 2 heteroatoms. The van der Waals surface area contributed by atoms with Crippen LogP contribution >= 0.6 is 0 Å². The van der Waals surface area contributed by atoms with Crippen LogP contribution < -0.4 is 5.32 Å². The first kappa shape index (κ1) is 23.5. The molecule has 0 aromatic heterocycles. The van der Waals surface area contributed by atoms with Crippen LogP contribution in [0, 0.1) is 5.92 Å². The molecule has 0 saturated carbocycles. The molecule has 0 aliphatic carbocycles. The van der Waals surface area contributed by atoms with E-state index in [1.165, 1.54) is 83.5 Å². The van der Waals surface area contributed by atoms with E-state index in [1.54, 1.807) is 0 Å². The summed E-state index contributed by atoms with van der Waals surface area (Å²) in [5.74, 6) is 1.13. The van der Waals surface area contributed by atoms with Crippen molar-refractivity contribution in [3.05, 3.63) is 0 Å². The molecular formula is C22H45NO. The van der Waals surface area contributed by atoms with Gasteiger partial charge in [-0.3, -0.25) is 4.79 Å². The third kappa shape index (κ3) is 17.8. The number of hydrogen-bond donors (Lipinski definition) is 1. The molecule has 0 aliphatic heterocycles. The maximum atomic E-state index is 11.5. The average Bonchev–Trinajstić information content (AvgIpc) is 2.52. The third-order valence-electron chi connectivity index (χ3n) is 4.85. The van der Waals surface area contributed by atoms with Gasteiger partial charge in [0.05, 0.1) is 0 Å². The Bertz CT molecular complexity index is 275. The molecule has 0 aliphatic rings. The van der Waals surface area contributed by atoms with E-state index < -0.39 is 0 Å². The largest absolute Gasteiger partial charge is 0.354 e. The van der Waals surface area contributed by atoms with Gasteiger partial charge in [0.25, 0.3) is 0 Å². The number of hydrogen-bond acceptors (Lipinski definition) is 1. The molecule has 0 spiro atoms. The Balaban J connectivity index is 3.24. The van der Waals surface area contributed by atoms with Crippen LogP contribution in [-0.4, -0.2) is 11.9 Å². The Morgan fingerprint density at radius 1 is 0.708 bits per heavy atom. The van der Waals surface area contributed by atoms with Gasteiger partial charge in [-0.1, -0.05) is 97.3 Å². The van der Waals surface area contributed by atoms with Crippen molar-refractivity contribution in [3.8, 4) is 0 Å². The van der Waals surface area contributed by atoms with E-state index in [0.717, 1.165) is 12.3 Å². The minimum atomic E-state index is 0.216. The minimum Gasteiger partial charge on any atom is -0.354 e. The number of nitrogens with one attached hydrogen (secondary N) is 1. The summed E-state index contributed by atoms with van der Waals surface area (Å²) in [6, 6.07) is 0.274. The van der Waals surface area contributed by atoms with Crippen molar-refractivity contribution < 1.29 is 4.79 Å². The van der Waals surface area contributed by atoms with Gasteiger partial charge >= 0.3 is 0 Å². The van der Waals surface area contributed by atoms with Crippen LogP contribution in [0.4, 0.5) is 0 Å². The molecule has 1 N–H and O–H groups in total. The first-order valence-electron chi connectivity index (χ1n) is 10.9. The third-order valence-corrected chi connectivity index (χ3v) is 4.85. The molecule has 24 heavy (non-hydrogen) atoms. The van der Waals surface area contributed by atoms with Crippen molar-refractivity contribution in [3.63, 3.8) is 0 Å². The SMILES string of the molecule is CCCCCCCCC(C)CCCCCCCCC(=O)NC(C)C. The molecule has 0 aromatic carbocycles. The fraction of sp³-hybridized carbons (Fsp3) is 0.955. The van der Waals surface area contributed by atoms with Gasteiger partial charge in [0.2, 0.25) is 5.91 Å². The normalized spacial score (nSPS) is 12.5. The predicted molar refractivity (Wildman–Crippen MR) is 107 cm³/mol. The topological polar surface area (TPSA) is 29.1 Å². The summed E-state index contributed by atoms with van der Waals surface area (Å²) in [4.78, 5) is 11.5. The van der Waals surface area contributed by atoms with Crippen molar-refractivity contribution in [2.75, 3.05) is 0 Å². The Labute approximate surface area is 152 Å². The number of rotatable bonds is 17. The quantitative estimate of drug-likeness (QED) is 0.283. The van der Waals surface area contributed by atoms with E-state index in [-0.39, 0.29) is 11.9 Å². The molecule has 0 bridgehead atoms. The lowest BCUT2D eigenvalue weighted by molar-refractivity contribution is -0.121. The van der Waals surface area contributed by atoms with Gasteiger partial charge in [0.1, 0.15) is 0 Å². The molecule has 0 radical (unpaired) electrons. The monoisotopic (exact) mass is 339 g/mol. The Hall–Kier alpha value is -0.530. The van der Waals surface area contributed by atoms with Gasteiger partial charge in [0, 0.05) is 12.5 Å². The van der Waals surface area contributed by atoms with Gasteiger partial charge in [-0.25, -0.2) is 0 Å². The fourth-order valence-corrected chi connectivity index (χ4v) is 3.30. The van der Waals surface area contributed by atoms with Crippen molar-refractivity contribution >= 4 is 5.91 Å². The molecule has 144 valence electrons. The number of carbonyl (C=O) groups is 1. The van der Waals surface area contributed by atoms with E-state index >= 15 is 0 Å². The van der Waals surface area contributed by atoms with Crippen LogP contribution in [0.1, 0.15) is 124 Å². The summed E-state index contributed by atoms with van der Waals surface area (Å²) < 4.78 is 0. The molecule has 0 fully saturated rings. The van der Waals surface area contributed by atoms with Crippen molar-refractivity contribution in [2.45, 2.75) is 130 Å². The summed E-state index contributed by atoms with van der Waals surface area (Å²) in [7, 11) is 0. The fourth-order valence-electron chi connectivity index (χ4n) is 3.30. The molecule has 2 nitrogen and oxygen atoms in total. The van der Waals surface area contributed by atoms with E-state index in [4.69, 9.17) is 0 Å². The maximum Gasteiger partial charge on any atom is 0.220 e. The molecule has 0 saturated heterocycles. The molecular weight excluding hydrogens is 294 g/mol. The summed E-state index contributed by atoms with van der Waals surface area (Å²) in [5, 5.41) is 2.96. The smallest absolute Gasteiger partial charge is 0.220 e. The standard InChI is InChI=1S/C22H45NO/c1-5-6-7-8-11-14-17-21(4)18-15-12-9-10-13-16-19-22(24)23-20(2)3/h20-21H,5-19H2,1-4H3,(H,23,24). The van der Waals surface area contributed by atoms with Gasteiger partial charge in [-0.2, -0.15) is 0 Å². The van der Waals surface area contributed by atoms with Gasteiger partial charge in [-0.15, -0.1) is 0 Å². The zero-order valence-electron chi connectivity index (χ0n) is 17.2. The minimum absolute atomic E-state index is 0.216. The second kappa shape index (κ2) is 17.3. The van der Waals surface area contributed by atoms with Gasteiger partial charge < -0.3 is 5.32 Å². The van der Waals surface area contributed by atoms with Gasteiger partial charge in [-0.05, 0) is 26.2 Å². The maximum absolute atomic E-state index is 11.5. The highest BCUT2D eigenvalue weighted by molar-refractivity contribution is 5.76. The molecule has 1 unspecified atom stereocenters. The first-order chi connectivity index (χ1) is 11.6. The van der Waals surface area contributed by atoms with E-state index in [1.807, 2.05) is 13.8 Å². The summed E-state index contributed by atoms with van der Waals surface area (Å²) in [5.41, 5.74) is 0. The average molecular weight is 340 g/mol. The van der Waals surface area contributed by atoms with E-state index in [9.17, 15) is 4.79 Å². The molecule has 0 aromatic rings. The Kier molecular flexibility index (Phi) is 16.9. The zero-order valence-corrected chi connectivity index (χ0v) is 17.2. The number of amides is 1. The lowest BCUT2D eigenvalue weighted by Crippen LogP contribution is -2.29. The molecule has 1 atom stereocenters. The summed E-state index contributed by atoms with van der Waals surface area (Å²) in [6.07, 6.45) is 19.7.